The first-order chi connectivity index (χ1) is 5.13. The third kappa shape index (κ3) is 3.23. The quantitative estimate of drug-likeness (QED) is 0.638. The molecule has 0 radical (unpaired) electrons. The molecule has 1 atom stereocenters. The van der Waals surface area contributed by atoms with E-state index in [1.54, 1.807) is 0 Å². The zero-order chi connectivity index (χ0) is 8.32. The lowest BCUT2D eigenvalue weighted by molar-refractivity contribution is -0.0412. The molecule has 1 saturated carbocycles. The van der Waals surface area contributed by atoms with Crippen LogP contribution in [0.3, 0.4) is 0 Å². The van der Waals surface area contributed by atoms with Gasteiger partial charge in [0.05, 0.1) is 6.04 Å². The van der Waals surface area contributed by atoms with Crippen molar-refractivity contribution < 1.29 is 8.78 Å². The van der Waals surface area contributed by atoms with E-state index >= 15 is 0 Å². The minimum Gasteiger partial charge on any atom is -0.323 e. The number of halogens is 3. The van der Waals surface area contributed by atoms with E-state index in [4.69, 9.17) is 5.73 Å². The van der Waals surface area contributed by atoms with Crippen molar-refractivity contribution >= 4 is 12.4 Å². The summed E-state index contributed by atoms with van der Waals surface area (Å²) in [6.45, 7) is 0. The van der Waals surface area contributed by atoms with Crippen LogP contribution in [0.2, 0.25) is 0 Å². The van der Waals surface area contributed by atoms with Crippen LogP contribution in [0.1, 0.15) is 38.5 Å². The average molecular weight is 200 g/mol. The topological polar surface area (TPSA) is 26.0 Å². The molecular weight excluding hydrogens is 184 g/mol. The fourth-order valence-electron chi connectivity index (χ4n) is 1.48. The molecule has 1 nitrogen and oxygen atoms in total. The van der Waals surface area contributed by atoms with E-state index in [2.05, 4.69) is 0 Å². The predicted molar refractivity (Wildman–Crippen MR) is 47.9 cm³/mol. The van der Waals surface area contributed by atoms with Gasteiger partial charge in [0.1, 0.15) is 0 Å². The molecule has 0 bridgehead atoms. The summed E-state index contributed by atoms with van der Waals surface area (Å²) in [5.41, 5.74) is 5.33. The molecule has 0 aromatic carbocycles. The zero-order valence-electron chi connectivity index (χ0n) is 7.06. The molecule has 1 aliphatic carbocycles. The van der Waals surface area contributed by atoms with Gasteiger partial charge < -0.3 is 5.73 Å². The van der Waals surface area contributed by atoms with Gasteiger partial charge in [0.2, 0.25) is 0 Å². The van der Waals surface area contributed by atoms with Gasteiger partial charge in [-0.15, -0.1) is 12.4 Å². The van der Waals surface area contributed by atoms with E-state index in [1.165, 1.54) is 0 Å². The van der Waals surface area contributed by atoms with Crippen LogP contribution in [0, 0.1) is 0 Å². The Bertz CT molecular complexity index is 130. The molecule has 0 saturated heterocycles. The smallest absolute Gasteiger partial charge is 0.262 e. The Balaban J connectivity index is 0.00000121. The van der Waals surface area contributed by atoms with Gasteiger partial charge >= 0.3 is 0 Å². The summed E-state index contributed by atoms with van der Waals surface area (Å²) < 4.78 is 25.8. The third-order valence-electron chi connectivity index (χ3n) is 2.32. The summed E-state index contributed by atoms with van der Waals surface area (Å²) in [5, 5.41) is 0. The first-order valence-corrected chi connectivity index (χ1v) is 4.26. The van der Waals surface area contributed by atoms with E-state index in [9.17, 15) is 8.78 Å². The Kier molecular flexibility index (Phi) is 5.02. The van der Waals surface area contributed by atoms with Crippen LogP contribution in [0.25, 0.3) is 0 Å². The standard InChI is InChI=1S/C8H15F2N.ClH/c9-8(10)6-4-2-1-3-5-7(8)11;/h7H,1-6,11H2;1H. The minimum absolute atomic E-state index is 0. The van der Waals surface area contributed by atoms with Crippen molar-refractivity contribution in [2.24, 2.45) is 5.73 Å². The molecule has 0 spiro atoms. The number of alkyl halides is 2. The molecule has 0 aromatic heterocycles. The van der Waals surface area contributed by atoms with Gasteiger partial charge in [-0.3, -0.25) is 0 Å². The maximum atomic E-state index is 12.9. The van der Waals surface area contributed by atoms with Crippen LogP contribution >= 0.6 is 12.4 Å². The summed E-state index contributed by atoms with van der Waals surface area (Å²) in [6, 6.07) is -0.900. The normalized spacial score (nSPS) is 29.8. The van der Waals surface area contributed by atoms with Crippen molar-refractivity contribution in [2.45, 2.75) is 50.5 Å². The molecule has 4 heteroatoms. The SMILES string of the molecule is Cl.NC1CCCCCCC1(F)F. The van der Waals surface area contributed by atoms with E-state index in [-0.39, 0.29) is 18.8 Å². The van der Waals surface area contributed by atoms with Crippen LogP contribution in [0.4, 0.5) is 8.78 Å². The van der Waals surface area contributed by atoms with E-state index in [0.29, 0.717) is 12.8 Å². The number of hydrogen-bond donors (Lipinski definition) is 1. The largest absolute Gasteiger partial charge is 0.323 e. The molecule has 1 rings (SSSR count). The molecular formula is C8H16ClF2N. The molecule has 2 N–H and O–H groups in total. The third-order valence-corrected chi connectivity index (χ3v) is 2.32. The molecule has 12 heavy (non-hydrogen) atoms. The van der Waals surface area contributed by atoms with Crippen LogP contribution < -0.4 is 5.73 Å². The Morgan fingerprint density at radius 3 is 2.33 bits per heavy atom. The van der Waals surface area contributed by atoms with Crippen LogP contribution in [-0.2, 0) is 0 Å². The highest BCUT2D eigenvalue weighted by atomic mass is 35.5. The van der Waals surface area contributed by atoms with Gasteiger partial charge in [-0.1, -0.05) is 19.3 Å². The fraction of sp³-hybridized carbons (Fsp3) is 1.00. The van der Waals surface area contributed by atoms with E-state index < -0.39 is 12.0 Å². The predicted octanol–water partition coefficient (Wildman–Crippen LogP) is 2.73. The molecule has 0 aromatic rings. The number of rotatable bonds is 0. The lowest BCUT2D eigenvalue weighted by Gasteiger charge is -2.25. The highest BCUT2D eigenvalue weighted by Crippen LogP contribution is 2.29. The molecule has 74 valence electrons. The van der Waals surface area contributed by atoms with Crippen LogP contribution in [0.5, 0.6) is 0 Å². The van der Waals surface area contributed by atoms with Gasteiger partial charge in [0.15, 0.2) is 0 Å². The Morgan fingerprint density at radius 2 is 1.67 bits per heavy atom. The summed E-state index contributed by atoms with van der Waals surface area (Å²) in [4.78, 5) is 0. The monoisotopic (exact) mass is 199 g/mol. The second kappa shape index (κ2) is 4.97. The summed E-state index contributed by atoms with van der Waals surface area (Å²) >= 11 is 0. The zero-order valence-corrected chi connectivity index (χ0v) is 7.88. The Morgan fingerprint density at radius 1 is 1.08 bits per heavy atom. The summed E-state index contributed by atoms with van der Waals surface area (Å²) in [7, 11) is 0. The molecule has 0 aliphatic heterocycles. The molecule has 1 aliphatic rings. The van der Waals surface area contributed by atoms with Crippen LogP contribution in [-0.4, -0.2) is 12.0 Å². The first-order valence-electron chi connectivity index (χ1n) is 4.26. The van der Waals surface area contributed by atoms with Crippen molar-refractivity contribution in [1.82, 2.24) is 0 Å². The molecule has 1 fully saturated rings. The summed E-state index contributed by atoms with van der Waals surface area (Å²) in [6.07, 6.45) is 3.94. The fourth-order valence-corrected chi connectivity index (χ4v) is 1.48. The Labute approximate surface area is 78.1 Å². The minimum atomic E-state index is -2.61. The van der Waals surface area contributed by atoms with Crippen molar-refractivity contribution in [1.29, 1.82) is 0 Å². The lowest BCUT2D eigenvalue weighted by Crippen LogP contribution is -2.41. The van der Waals surface area contributed by atoms with Crippen molar-refractivity contribution in [2.75, 3.05) is 0 Å². The van der Waals surface area contributed by atoms with E-state index in [1.807, 2.05) is 0 Å². The second-order valence-corrected chi connectivity index (χ2v) is 3.32. The molecule has 1 unspecified atom stereocenters. The van der Waals surface area contributed by atoms with Crippen molar-refractivity contribution in [3.8, 4) is 0 Å². The molecule has 0 amide bonds. The van der Waals surface area contributed by atoms with Gasteiger partial charge in [0.25, 0.3) is 5.92 Å². The maximum absolute atomic E-state index is 12.9. The van der Waals surface area contributed by atoms with Gasteiger partial charge in [-0.2, -0.15) is 0 Å². The Hall–Kier alpha value is 0.110. The van der Waals surface area contributed by atoms with Gasteiger partial charge in [0, 0.05) is 6.42 Å². The maximum Gasteiger partial charge on any atom is 0.262 e. The van der Waals surface area contributed by atoms with Crippen molar-refractivity contribution in [3.05, 3.63) is 0 Å². The summed E-state index contributed by atoms with van der Waals surface area (Å²) in [5.74, 6) is -2.61. The van der Waals surface area contributed by atoms with Crippen LogP contribution in [0.15, 0.2) is 0 Å². The first kappa shape index (κ1) is 12.1. The number of hydrogen-bond acceptors (Lipinski definition) is 1. The van der Waals surface area contributed by atoms with Gasteiger partial charge in [-0.25, -0.2) is 8.78 Å². The average Bonchev–Trinajstić information content (AvgIpc) is 1.93. The highest BCUT2D eigenvalue weighted by molar-refractivity contribution is 5.85. The van der Waals surface area contributed by atoms with E-state index in [0.717, 1.165) is 19.3 Å². The lowest BCUT2D eigenvalue weighted by atomic mass is 9.94. The molecule has 0 heterocycles. The van der Waals surface area contributed by atoms with Gasteiger partial charge in [-0.05, 0) is 12.8 Å². The number of nitrogens with two attached hydrogens (primary N) is 1. The van der Waals surface area contributed by atoms with Crippen molar-refractivity contribution in [3.63, 3.8) is 0 Å². The second-order valence-electron chi connectivity index (χ2n) is 3.32. The highest BCUT2D eigenvalue weighted by Gasteiger charge is 2.36.